The monoisotopic (exact) mass is 443 g/mol. The normalized spacial score (nSPS) is 16.2. The Kier molecular flexibility index (Phi) is 5.58. The van der Waals surface area contributed by atoms with Crippen molar-refractivity contribution in [2.75, 3.05) is 20.2 Å². The summed E-state index contributed by atoms with van der Waals surface area (Å²) in [6, 6.07) is 18.4. The molecular weight excluding hydrogens is 417 g/mol. The third-order valence-electron chi connectivity index (χ3n) is 6.41. The minimum absolute atomic E-state index is 0.0499. The van der Waals surface area contributed by atoms with E-state index < -0.39 is 0 Å². The molecule has 3 heterocycles. The van der Waals surface area contributed by atoms with Crippen LogP contribution in [0.5, 0.6) is 5.75 Å². The molecule has 2 aromatic heterocycles. The van der Waals surface area contributed by atoms with Gasteiger partial charge < -0.3 is 14.0 Å². The number of amides is 1. The van der Waals surface area contributed by atoms with Gasteiger partial charge in [0.1, 0.15) is 17.4 Å². The van der Waals surface area contributed by atoms with Crippen LogP contribution in [0.2, 0.25) is 0 Å². The first-order valence-electron chi connectivity index (χ1n) is 11.2. The first-order chi connectivity index (χ1) is 16.0. The summed E-state index contributed by atoms with van der Waals surface area (Å²) in [5, 5.41) is 0. The molecule has 5 nitrogen and oxygen atoms in total. The Morgan fingerprint density at radius 1 is 1.12 bits per heavy atom. The van der Waals surface area contributed by atoms with E-state index in [9.17, 15) is 9.18 Å². The molecule has 0 radical (unpaired) electrons. The molecule has 5 rings (SSSR count). The molecular formula is C27H26FN3O2. The van der Waals surface area contributed by atoms with Crippen LogP contribution >= 0.6 is 0 Å². The van der Waals surface area contributed by atoms with Crippen molar-refractivity contribution in [2.45, 2.75) is 25.7 Å². The van der Waals surface area contributed by atoms with Gasteiger partial charge in [-0.2, -0.15) is 0 Å². The van der Waals surface area contributed by atoms with E-state index in [2.05, 4.69) is 10.5 Å². The van der Waals surface area contributed by atoms with Crippen LogP contribution in [-0.4, -0.2) is 40.4 Å². The van der Waals surface area contributed by atoms with Crippen molar-refractivity contribution in [3.05, 3.63) is 89.6 Å². The highest BCUT2D eigenvalue weighted by Crippen LogP contribution is 2.33. The average molecular weight is 444 g/mol. The molecule has 6 heteroatoms. The van der Waals surface area contributed by atoms with Gasteiger partial charge in [0.05, 0.1) is 18.3 Å². The van der Waals surface area contributed by atoms with Crippen molar-refractivity contribution in [1.82, 2.24) is 14.3 Å². The maximum absolute atomic E-state index is 13.5. The second-order valence-corrected chi connectivity index (χ2v) is 8.56. The molecule has 1 aliphatic rings. The van der Waals surface area contributed by atoms with Crippen LogP contribution in [0, 0.1) is 12.7 Å². The second-order valence-electron chi connectivity index (χ2n) is 8.56. The highest BCUT2D eigenvalue weighted by atomic mass is 19.1. The topological polar surface area (TPSA) is 46.8 Å². The molecule has 0 spiro atoms. The molecule has 0 saturated carbocycles. The Morgan fingerprint density at radius 3 is 2.82 bits per heavy atom. The molecule has 1 fully saturated rings. The van der Waals surface area contributed by atoms with E-state index >= 15 is 0 Å². The fourth-order valence-corrected chi connectivity index (χ4v) is 4.74. The van der Waals surface area contributed by atoms with Crippen LogP contribution < -0.4 is 4.74 Å². The second kappa shape index (κ2) is 8.70. The maximum atomic E-state index is 13.5. The van der Waals surface area contributed by atoms with Crippen molar-refractivity contribution < 1.29 is 13.9 Å². The van der Waals surface area contributed by atoms with E-state index in [0.717, 1.165) is 41.2 Å². The Labute approximate surface area is 192 Å². The van der Waals surface area contributed by atoms with E-state index in [-0.39, 0.29) is 17.6 Å². The van der Waals surface area contributed by atoms with Crippen LogP contribution in [0.25, 0.3) is 16.8 Å². The number of ether oxygens (including phenoxy) is 1. The lowest BCUT2D eigenvalue weighted by molar-refractivity contribution is 0.0703. The molecule has 1 unspecified atom stereocenters. The van der Waals surface area contributed by atoms with Gasteiger partial charge in [-0.25, -0.2) is 9.37 Å². The molecule has 1 atom stereocenters. The number of methoxy groups -OCH3 is 1. The van der Waals surface area contributed by atoms with Crippen LogP contribution in [0.1, 0.15) is 40.5 Å². The quantitative estimate of drug-likeness (QED) is 0.420. The number of halogens is 1. The Bertz CT molecular complexity index is 1330. The van der Waals surface area contributed by atoms with Gasteiger partial charge in [0.2, 0.25) is 0 Å². The summed E-state index contributed by atoms with van der Waals surface area (Å²) in [5.41, 5.74) is 4.15. The number of fused-ring (bicyclic) bond motifs is 1. The number of likely N-dealkylation sites (tertiary alicyclic amines) is 1. The predicted octanol–water partition coefficient (Wildman–Crippen LogP) is 5.48. The molecule has 1 saturated heterocycles. The molecule has 0 bridgehead atoms. The fourth-order valence-electron chi connectivity index (χ4n) is 4.74. The Morgan fingerprint density at radius 2 is 2.00 bits per heavy atom. The minimum Gasteiger partial charge on any atom is -0.497 e. The fraction of sp³-hybridized carbons (Fsp3) is 0.259. The van der Waals surface area contributed by atoms with E-state index in [1.54, 1.807) is 20.1 Å². The lowest BCUT2D eigenvalue weighted by atomic mass is 9.96. The number of benzene rings is 2. The van der Waals surface area contributed by atoms with Crippen molar-refractivity contribution in [3.8, 4) is 17.0 Å². The Hall–Kier alpha value is -3.67. The summed E-state index contributed by atoms with van der Waals surface area (Å²) in [6.07, 6.45) is 3.89. The maximum Gasteiger partial charge on any atom is 0.254 e. The van der Waals surface area contributed by atoms with Crippen molar-refractivity contribution >= 4 is 11.4 Å². The Balaban J connectivity index is 1.49. The average Bonchev–Trinajstić information content (AvgIpc) is 3.24. The summed E-state index contributed by atoms with van der Waals surface area (Å²) in [4.78, 5) is 20.2. The van der Waals surface area contributed by atoms with Crippen molar-refractivity contribution in [3.63, 3.8) is 0 Å². The van der Waals surface area contributed by atoms with Crippen molar-refractivity contribution in [1.29, 1.82) is 0 Å². The standard InChI is InChI=1S/C27H26FN3O2/c1-18-15-21(28)11-12-23(18)27(32)30-13-6-8-20(17-30)26-29-25(24-10-3-4-14-31(24)26)19-7-5-9-22(16-19)33-2/h3-5,7,9-12,14-16,20H,6,8,13,17H2,1-2H3. The van der Waals surface area contributed by atoms with Crippen LogP contribution in [0.4, 0.5) is 4.39 Å². The number of imidazole rings is 1. The van der Waals surface area contributed by atoms with Gasteiger partial charge in [0.25, 0.3) is 5.91 Å². The first kappa shape index (κ1) is 21.2. The highest BCUT2D eigenvalue weighted by molar-refractivity contribution is 5.95. The number of carbonyl (C=O) groups excluding carboxylic acids is 1. The zero-order valence-corrected chi connectivity index (χ0v) is 18.8. The number of hydrogen-bond donors (Lipinski definition) is 0. The molecule has 1 aliphatic heterocycles. The number of rotatable bonds is 4. The van der Waals surface area contributed by atoms with Gasteiger partial charge in [0, 0.05) is 36.3 Å². The van der Waals surface area contributed by atoms with Crippen LogP contribution in [0.15, 0.2) is 66.9 Å². The molecule has 33 heavy (non-hydrogen) atoms. The number of aryl methyl sites for hydroxylation is 1. The van der Waals surface area contributed by atoms with E-state index in [1.807, 2.05) is 47.5 Å². The number of nitrogens with zero attached hydrogens (tertiary/aromatic N) is 3. The number of aromatic nitrogens is 2. The third kappa shape index (κ3) is 3.97. The number of carbonyl (C=O) groups is 1. The van der Waals surface area contributed by atoms with Gasteiger partial charge in [-0.1, -0.05) is 18.2 Å². The molecule has 4 aromatic rings. The van der Waals surface area contributed by atoms with E-state index in [4.69, 9.17) is 9.72 Å². The number of pyridine rings is 1. The molecule has 168 valence electrons. The summed E-state index contributed by atoms with van der Waals surface area (Å²) in [7, 11) is 1.66. The van der Waals surface area contributed by atoms with Gasteiger partial charge in [0.15, 0.2) is 0 Å². The lowest BCUT2D eigenvalue weighted by Crippen LogP contribution is -2.39. The molecule has 0 N–H and O–H groups in total. The van der Waals surface area contributed by atoms with Crippen LogP contribution in [0.3, 0.4) is 0 Å². The van der Waals surface area contributed by atoms with Crippen LogP contribution in [-0.2, 0) is 0 Å². The van der Waals surface area contributed by atoms with E-state index in [0.29, 0.717) is 24.2 Å². The highest BCUT2D eigenvalue weighted by Gasteiger charge is 2.29. The zero-order valence-electron chi connectivity index (χ0n) is 18.8. The smallest absolute Gasteiger partial charge is 0.254 e. The van der Waals surface area contributed by atoms with Gasteiger partial charge in [-0.05, 0) is 67.8 Å². The zero-order chi connectivity index (χ0) is 22.9. The van der Waals surface area contributed by atoms with Gasteiger partial charge in [-0.3, -0.25) is 4.79 Å². The molecule has 1 amide bonds. The van der Waals surface area contributed by atoms with Crippen molar-refractivity contribution in [2.24, 2.45) is 0 Å². The largest absolute Gasteiger partial charge is 0.497 e. The summed E-state index contributed by atoms with van der Waals surface area (Å²) >= 11 is 0. The lowest BCUT2D eigenvalue weighted by Gasteiger charge is -2.32. The van der Waals surface area contributed by atoms with Gasteiger partial charge >= 0.3 is 0 Å². The molecule has 2 aromatic carbocycles. The summed E-state index contributed by atoms with van der Waals surface area (Å²) < 4.78 is 21.1. The number of hydrogen-bond acceptors (Lipinski definition) is 3. The predicted molar refractivity (Wildman–Crippen MR) is 126 cm³/mol. The first-order valence-corrected chi connectivity index (χ1v) is 11.2. The summed E-state index contributed by atoms with van der Waals surface area (Å²) in [6.45, 7) is 3.06. The summed E-state index contributed by atoms with van der Waals surface area (Å²) in [5.74, 6) is 1.48. The minimum atomic E-state index is -0.325. The molecule has 0 aliphatic carbocycles. The third-order valence-corrected chi connectivity index (χ3v) is 6.41. The van der Waals surface area contributed by atoms with Gasteiger partial charge in [-0.15, -0.1) is 0 Å². The van der Waals surface area contributed by atoms with E-state index in [1.165, 1.54) is 12.1 Å². The number of piperidine rings is 1. The SMILES string of the molecule is COc1cccc(-c2nc(C3CCCN(C(=O)c4ccc(F)cc4C)C3)n3ccccc23)c1.